The number of hydrogen-bond acceptors (Lipinski definition) is 3. The van der Waals surface area contributed by atoms with E-state index in [-0.39, 0.29) is 18.2 Å². The maximum absolute atomic E-state index is 9.34. The molecule has 0 aliphatic heterocycles. The minimum atomic E-state index is -0.197. The summed E-state index contributed by atoms with van der Waals surface area (Å²) in [4.78, 5) is 0. The van der Waals surface area contributed by atoms with Crippen LogP contribution in [0.2, 0.25) is 0 Å². The van der Waals surface area contributed by atoms with E-state index in [2.05, 4.69) is 19.2 Å². The van der Waals surface area contributed by atoms with Crippen LogP contribution in [0, 0.1) is 5.92 Å². The second-order valence-corrected chi connectivity index (χ2v) is 5.04. The number of nitrogens with one attached hydrogen (secondary N) is 1. The molecule has 1 saturated carbocycles. The molecule has 0 bridgehead atoms. The van der Waals surface area contributed by atoms with E-state index in [9.17, 15) is 5.11 Å². The third kappa shape index (κ3) is 4.96. The van der Waals surface area contributed by atoms with Crippen LogP contribution in [0.4, 0.5) is 0 Å². The van der Waals surface area contributed by atoms with Gasteiger partial charge in [0.15, 0.2) is 0 Å². The summed E-state index contributed by atoms with van der Waals surface area (Å²) in [6.45, 7) is 8.14. The first kappa shape index (κ1) is 12.9. The highest BCUT2D eigenvalue weighted by molar-refractivity contribution is 4.84. The molecule has 0 aromatic carbocycles. The van der Waals surface area contributed by atoms with Gasteiger partial charge in [0.05, 0.1) is 12.7 Å². The summed E-state index contributed by atoms with van der Waals surface area (Å²) >= 11 is 0. The van der Waals surface area contributed by atoms with Gasteiger partial charge in [0.2, 0.25) is 0 Å². The van der Waals surface area contributed by atoms with Crippen LogP contribution in [-0.4, -0.2) is 36.5 Å². The first-order chi connectivity index (χ1) is 7.09. The summed E-state index contributed by atoms with van der Waals surface area (Å²) in [5.41, 5.74) is -0.197. The molecule has 3 nitrogen and oxygen atoms in total. The quantitative estimate of drug-likeness (QED) is 0.645. The average molecular weight is 215 g/mol. The van der Waals surface area contributed by atoms with Crippen molar-refractivity contribution in [1.82, 2.24) is 5.32 Å². The molecule has 15 heavy (non-hydrogen) atoms. The lowest BCUT2D eigenvalue weighted by atomic mass is 9.96. The zero-order valence-corrected chi connectivity index (χ0v) is 10.3. The van der Waals surface area contributed by atoms with Crippen molar-refractivity contribution >= 4 is 0 Å². The zero-order valence-electron chi connectivity index (χ0n) is 10.3. The molecule has 0 amide bonds. The lowest BCUT2D eigenvalue weighted by molar-refractivity contribution is 0.0232. The number of rotatable bonds is 8. The minimum Gasteiger partial charge on any atom is -0.394 e. The Bertz CT molecular complexity index is 182. The SMILES string of the molecule is CCNC(C)(CO)CC(C)OCC1CC1. The lowest BCUT2D eigenvalue weighted by Crippen LogP contribution is -2.48. The molecular weight excluding hydrogens is 190 g/mol. The summed E-state index contributed by atoms with van der Waals surface area (Å²) in [6.07, 6.45) is 3.75. The van der Waals surface area contributed by atoms with Gasteiger partial charge < -0.3 is 15.2 Å². The first-order valence-electron chi connectivity index (χ1n) is 6.07. The van der Waals surface area contributed by atoms with Gasteiger partial charge in [-0.3, -0.25) is 0 Å². The fraction of sp³-hybridized carbons (Fsp3) is 1.00. The standard InChI is InChI=1S/C12H25NO2/c1-4-13-12(3,9-14)7-10(2)15-8-11-5-6-11/h10-11,13-14H,4-9H2,1-3H3. The van der Waals surface area contributed by atoms with Gasteiger partial charge in [-0.2, -0.15) is 0 Å². The average Bonchev–Trinajstić information content (AvgIpc) is 2.98. The van der Waals surface area contributed by atoms with Crippen LogP contribution >= 0.6 is 0 Å². The molecule has 2 N–H and O–H groups in total. The summed E-state index contributed by atoms with van der Waals surface area (Å²) in [7, 11) is 0. The van der Waals surface area contributed by atoms with E-state index < -0.39 is 0 Å². The summed E-state index contributed by atoms with van der Waals surface area (Å²) < 4.78 is 5.76. The van der Waals surface area contributed by atoms with Crippen molar-refractivity contribution in [2.24, 2.45) is 5.92 Å². The topological polar surface area (TPSA) is 41.5 Å². The third-order valence-electron chi connectivity index (χ3n) is 3.00. The Kier molecular flexibility index (Phi) is 5.03. The fourth-order valence-electron chi connectivity index (χ4n) is 1.90. The van der Waals surface area contributed by atoms with Gasteiger partial charge in [-0.25, -0.2) is 0 Å². The Morgan fingerprint density at radius 1 is 1.53 bits per heavy atom. The summed E-state index contributed by atoms with van der Waals surface area (Å²) in [5.74, 6) is 0.812. The fourth-order valence-corrected chi connectivity index (χ4v) is 1.90. The highest BCUT2D eigenvalue weighted by Gasteiger charge is 2.27. The van der Waals surface area contributed by atoms with Gasteiger partial charge in [-0.05, 0) is 45.6 Å². The van der Waals surface area contributed by atoms with E-state index >= 15 is 0 Å². The Morgan fingerprint density at radius 3 is 2.67 bits per heavy atom. The van der Waals surface area contributed by atoms with Crippen LogP contribution in [0.1, 0.15) is 40.0 Å². The van der Waals surface area contributed by atoms with Crippen molar-refractivity contribution in [3.63, 3.8) is 0 Å². The second-order valence-electron chi connectivity index (χ2n) is 5.04. The number of aliphatic hydroxyl groups is 1. The Balaban J connectivity index is 2.22. The molecule has 90 valence electrons. The molecule has 0 heterocycles. The molecule has 1 fully saturated rings. The maximum atomic E-state index is 9.34. The molecule has 1 aliphatic carbocycles. The molecule has 0 radical (unpaired) electrons. The molecule has 0 aromatic rings. The highest BCUT2D eigenvalue weighted by atomic mass is 16.5. The maximum Gasteiger partial charge on any atom is 0.0611 e. The second kappa shape index (κ2) is 5.83. The monoisotopic (exact) mass is 215 g/mol. The molecular formula is C12H25NO2. The van der Waals surface area contributed by atoms with Crippen LogP contribution < -0.4 is 5.32 Å². The predicted molar refractivity (Wildman–Crippen MR) is 61.9 cm³/mol. The molecule has 2 atom stereocenters. The molecule has 2 unspecified atom stereocenters. The number of likely N-dealkylation sites (N-methyl/N-ethyl adjacent to an activating group) is 1. The van der Waals surface area contributed by atoms with Crippen LogP contribution in [0.3, 0.4) is 0 Å². The predicted octanol–water partition coefficient (Wildman–Crippen LogP) is 1.55. The highest BCUT2D eigenvalue weighted by Crippen LogP contribution is 2.29. The van der Waals surface area contributed by atoms with Crippen molar-refractivity contribution < 1.29 is 9.84 Å². The van der Waals surface area contributed by atoms with E-state index in [1.807, 2.05) is 6.92 Å². The minimum absolute atomic E-state index is 0.165. The van der Waals surface area contributed by atoms with Crippen LogP contribution in [0.25, 0.3) is 0 Å². The normalized spacial score (nSPS) is 22.4. The largest absolute Gasteiger partial charge is 0.394 e. The van der Waals surface area contributed by atoms with Crippen molar-refractivity contribution in [3.05, 3.63) is 0 Å². The molecule has 3 heteroatoms. The molecule has 0 spiro atoms. The van der Waals surface area contributed by atoms with Crippen LogP contribution in [-0.2, 0) is 4.74 Å². The van der Waals surface area contributed by atoms with Crippen LogP contribution in [0.15, 0.2) is 0 Å². The molecule has 1 aliphatic rings. The number of hydrogen-bond donors (Lipinski definition) is 2. The summed E-state index contributed by atoms with van der Waals surface area (Å²) in [5, 5.41) is 12.6. The van der Waals surface area contributed by atoms with E-state index in [1.165, 1.54) is 12.8 Å². The molecule has 0 aromatic heterocycles. The number of ether oxygens (including phenoxy) is 1. The van der Waals surface area contributed by atoms with E-state index in [0.717, 1.165) is 25.5 Å². The van der Waals surface area contributed by atoms with E-state index in [1.54, 1.807) is 0 Å². The first-order valence-corrected chi connectivity index (χ1v) is 6.07. The van der Waals surface area contributed by atoms with Gasteiger partial charge in [-0.1, -0.05) is 6.92 Å². The third-order valence-corrected chi connectivity index (χ3v) is 3.00. The Labute approximate surface area is 93.2 Å². The van der Waals surface area contributed by atoms with Gasteiger partial charge in [0.1, 0.15) is 0 Å². The van der Waals surface area contributed by atoms with Gasteiger partial charge >= 0.3 is 0 Å². The van der Waals surface area contributed by atoms with Crippen LogP contribution in [0.5, 0.6) is 0 Å². The van der Waals surface area contributed by atoms with E-state index in [4.69, 9.17) is 4.74 Å². The van der Waals surface area contributed by atoms with Crippen molar-refractivity contribution in [3.8, 4) is 0 Å². The van der Waals surface area contributed by atoms with Gasteiger partial charge in [0.25, 0.3) is 0 Å². The Morgan fingerprint density at radius 2 is 2.20 bits per heavy atom. The zero-order chi connectivity index (χ0) is 11.3. The van der Waals surface area contributed by atoms with Crippen molar-refractivity contribution in [1.29, 1.82) is 0 Å². The molecule has 1 rings (SSSR count). The summed E-state index contributed by atoms with van der Waals surface area (Å²) in [6, 6.07) is 0. The smallest absolute Gasteiger partial charge is 0.0611 e. The van der Waals surface area contributed by atoms with Crippen molar-refractivity contribution in [2.75, 3.05) is 19.8 Å². The number of aliphatic hydroxyl groups excluding tert-OH is 1. The lowest BCUT2D eigenvalue weighted by Gasteiger charge is -2.31. The van der Waals surface area contributed by atoms with E-state index in [0.29, 0.717) is 0 Å². The van der Waals surface area contributed by atoms with Crippen molar-refractivity contribution in [2.45, 2.75) is 51.7 Å². The molecule has 0 saturated heterocycles. The van der Waals surface area contributed by atoms with Gasteiger partial charge in [0, 0.05) is 12.1 Å². The Hall–Kier alpha value is -0.120. The van der Waals surface area contributed by atoms with Gasteiger partial charge in [-0.15, -0.1) is 0 Å².